The summed E-state index contributed by atoms with van der Waals surface area (Å²) in [6.45, 7) is 4.10. The fourth-order valence-corrected chi connectivity index (χ4v) is 2.70. The first-order valence-corrected chi connectivity index (χ1v) is 7.53. The van der Waals surface area contributed by atoms with Crippen molar-refractivity contribution in [1.29, 1.82) is 0 Å². The first kappa shape index (κ1) is 15.3. The summed E-state index contributed by atoms with van der Waals surface area (Å²) in [6.07, 6.45) is 1.03. The van der Waals surface area contributed by atoms with Gasteiger partial charge >= 0.3 is 0 Å². The van der Waals surface area contributed by atoms with Gasteiger partial charge in [0, 0.05) is 23.1 Å². The molecule has 0 saturated heterocycles. The average molecular weight is 308 g/mol. The van der Waals surface area contributed by atoms with E-state index in [1.165, 1.54) is 0 Å². The van der Waals surface area contributed by atoms with Crippen molar-refractivity contribution in [2.45, 2.75) is 20.0 Å². The smallest absolute Gasteiger partial charge is 0.136 e. The van der Waals surface area contributed by atoms with Gasteiger partial charge in [-0.3, -0.25) is 0 Å². The summed E-state index contributed by atoms with van der Waals surface area (Å²) in [5.41, 5.74) is 3.85. The third-order valence-electron chi connectivity index (χ3n) is 4.02. The van der Waals surface area contributed by atoms with E-state index in [4.69, 9.17) is 4.74 Å². The minimum atomic E-state index is -0.700. The third-order valence-corrected chi connectivity index (χ3v) is 4.02. The number of aryl methyl sites for hydroxylation is 2. The van der Waals surface area contributed by atoms with Gasteiger partial charge in [-0.15, -0.1) is 0 Å². The Morgan fingerprint density at radius 2 is 1.52 bits per heavy atom. The van der Waals surface area contributed by atoms with Gasteiger partial charge in [0.2, 0.25) is 0 Å². The highest BCUT2D eigenvalue weighted by Crippen LogP contribution is 2.24. The summed E-state index contributed by atoms with van der Waals surface area (Å²) in [5.74, 6) is 1.63. The Morgan fingerprint density at radius 1 is 0.913 bits per heavy atom. The highest BCUT2D eigenvalue weighted by atomic mass is 16.5. The van der Waals surface area contributed by atoms with Gasteiger partial charge in [-0.05, 0) is 49.7 Å². The van der Waals surface area contributed by atoms with Crippen LogP contribution in [0.5, 0.6) is 5.75 Å². The molecule has 3 rings (SSSR count). The van der Waals surface area contributed by atoms with Gasteiger partial charge in [0.15, 0.2) is 0 Å². The molecule has 1 N–H and O–H groups in total. The average Bonchev–Trinajstić information content (AvgIpc) is 2.93. The van der Waals surface area contributed by atoms with Crippen molar-refractivity contribution in [3.8, 4) is 11.6 Å². The van der Waals surface area contributed by atoms with Crippen molar-refractivity contribution in [3.05, 3.63) is 77.2 Å². The topological polar surface area (TPSA) is 47.3 Å². The molecule has 2 aromatic heterocycles. The maximum atomic E-state index is 10.5. The van der Waals surface area contributed by atoms with Crippen LogP contribution in [0.2, 0.25) is 0 Å². The first-order chi connectivity index (χ1) is 11.1. The minimum absolute atomic E-state index is 0.700. The molecule has 0 amide bonds. The Balaban J connectivity index is 1.86. The monoisotopic (exact) mass is 308 g/mol. The fourth-order valence-electron chi connectivity index (χ4n) is 2.70. The quantitative estimate of drug-likeness (QED) is 0.801. The van der Waals surface area contributed by atoms with E-state index in [9.17, 15) is 5.11 Å². The van der Waals surface area contributed by atoms with E-state index in [2.05, 4.69) is 35.5 Å². The lowest BCUT2D eigenvalue weighted by Crippen LogP contribution is -2.04. The van der Waals surface area contributed by atoms with Gasteiger partial charge in [-0.25, -0.2) is 4.98 Å². The molecule has 23 heavy (non-hydrogen) atoms. The summed E-state index contributed by atoms with van der Waals surface area (Å²) in [5, 5.41) is 10.5. The summed E-state index contributed by atoms with van der Waals surface area (Å²) < 4.78 is 7.22. The van der Waals surface area contributed by atoms with Crippen molar-refractivity contribution in [2.75, 3.05) is 7.11 Å². The zero-order valence-electron chi connectivity index (χ0n) is 13.5. The fraction of sp³-hybridized carbons (Fsp3) is 0.211. The number of hydrogen-bond acceptors (Lipinski definition) is 3. The molecule has 0 bridgehead atoms. The normalized spacial score (nSPS) is 12.2. The second-order valence-corrected chi connectivity index (χ2v) is 5.58. The minimum Gasteiger partial charge on any atom is -0.497 e. The number of aliphatic hydroxyl groups excluding tert-OH is 1. The largest absolute Gasteiger partial charge is 0.497 e. The predicted molar refractivity (Wildman–Crippen MR) is 90.1 cm³/mol. The number of hydrogen-bond donors (Lipinski definition) is 1. The van der Waals surface area contributed by atoms with Crippen molar-refractivity contribution in [1.82, 2.24) is 9.55 Å². The molecule has 0 radical (unpaired) electrons. The van der Waals surface area contributed by atoms with E-state index in [0.717, 1.165) is 34.1 Å². The van der Waals surface area contributed by atoms with Gasteiger partial charge in [-0.2, -0.15) is 0 Å². The van der Waals surface area contributed by atoms with Crippen molar-refractivity contribution in [2.24, 2.45) is 0 Å². The van der Waals surface area contributed by atoms with E-state index in [0.29, 0.717) is 0 Å². The van der Waals surface area contributed by atoms with E-state index in [1.807, 2.05) is 36.4 Å². The van der Waals surface area contributed by atoms with Crippen LogP contribution in [0, 0.1) is 13.8 Å². The summed E-state index contributed by atoms with van der Waals surface area (Å²) >= 11 is 0. The predicted octanol–water partition coefficient (Wildman–Crippen LogP) is 3.58. The van der Waals surface area contributed by atoms with Crippen LogP contribution in [0.3, 0.4) is 0 Å². The highest BCUT2D eigenvalue weighted by Gasteiger charge is 2.12. The lowest BCUT2D eigenvalue weighted by atomic mass is 10.0. The molecule has 1 unspecified atom stereocenters. The molecule has 3 aromatic rings. The van der Waals surface area contributed by atoms with Gasteiger partial charge < -0.3 is 14.4 Å². The molecule has 0 saturated carbocycles. The van der Waals surface area contributed by atoms with Gasteiger partial charge in [-0.1, -0.05) is 18.2 Å². The van der Waals surface area contributed by atoms with Gasteiger partial charge in [0.25, 0.3) is 0 Å². The number of methoxy groups -OCH3 is 1. The highest BCUT2D eigenvalue weighted by molar-refractivity contribution is 5.37. The summed E-state index contributed by atoms with van der Waals surface area (Å²) in [6, 6.07) is 15.4. The number of aliphatic hydroxyl groups is 1. The molecule has 2 heterocycles. The van der Waals surface area contributed by atoms with Gasteiger partial charge in [0.1, 0.15) is 17.7 Å². The van der Waals surface area contributed by atoms with Crippen LogP contribution in [0.4, 0.5) is 0 Å². The number of benzene rings is 1. The molecule has 1 aromatic carbocycles. The summed E-state index contributed by atoms with van der Waals surface area (Å²) in [7, 11) is 1.62. The third kappa shape index (κ3) is 2.98. The molecule has 0 aliphatic carbocycles. The second kappa shape index (κ2) is 6.26. The number of rotatable bonds is 4. The maximum absolute atomic E-state index is 10.5. The zero-order valence-corrected chi connectivity index (χ0v) is 13.5. The van der Waals surface area contributed by atoms with Gasteiger partial charge in [0.05, 0.1) is 7.11 Å². The molecular formula is C19H20N2O2. The first-order valence-electron chi connectivity index (χ1n) is 7.53. The van der Waals surface area contributed by atoms with E-state index < -0.39 is 6.10 Å². The Morgan fingerprint density at radius 3 is 2.04 bits per heavy atom. The Kier molecular flexibility index (Phi) is 4.17. The molecule has 1 atom stereocenters. The molecule has 0 fully saturated rings. The van der Waals surface area contributed by atoms with Crippen LogP contribution >= 0.6 is 0 Å². The second-order valence-electron chi connectivity index (χ2n) is 5.58. The van der Waals surface area contributed by atoms with E-state index >= 15 is 0 Å². The van der Waals surface area contributed by atoms with Crippen LogP contribution < -0.4 is 4.74 Å². The number of ether oxygens (including phenoxy) is 1. The SMILES string of the molecule is COc1ccc(C(O)c2ccc(-n3c(C)ccc3C)nc2)cc1. The lowest BCUT2D eigenvalue weighted by Gasteiger charge is -2.13. The Labute approximate surface area is 136 Å². The molecule has 0 aliphatic heterocycles. The lowest BCUT2D eigenvalue weighted by molar-refractivity contribution is 0.220. The van der Waals surface area contributed by atoms with Crippen LogP contribution in [-0.4, -0.2) is 21.8 Å². The molecule has 4 nitrogen and oxygen atoms in total. The van der Waals surface area contributed by atoms with Crippen LogP contribution in [0.1, 0.15) is 28.6 Å². The zero-order chi connectivity index (χ0) is 16.4. The Hall–Kier alpha value is -2.59. The maximum Gasteiger partial charge on any atom is 0.136 e. The number of pyridine rings is 1. The van der Waals surface area contributed by atoms with Crippen LogP contribution in [0.15, 0.2) is 54.7 Å². The van der Waals surface area contributed by atoms with Crippen LogP contribution in [-0.2, 0) is 0 Å². The van der Waals surface area contributed by atoms with E-state index in [1.54, 1.807) is 13.3 Å². The molecule has 0 aliphatic rings. The Bertz CT molecular complexity index is 770. The summed E-state index contributed by atoms with van der Waals surface area (Å²) in [4.78, 5) is 4.50. The molecule has 118 valence electrons. The molecular weight excluding hydrogens is 288 g/mol. The van der Waals surface area contributed by atoms with Crippen LogP contribution in [0.25, 0.3) is 5.82 Å². The van der Waals surface area contributed by atoms with E-state index in [-0.39, 0.29) is 0 Å². The molecule has 0 spiro atoms. The number of nitrogens with zero attached hydrogens (tertiary/aromatic N) is 2. The van der Waals surface area contributed by atoms with Crippen molar-refractivity contribution < 1.29 is 9.84 Å². The number of aromatic nitrogens is 2. The molecule has 4 heteroatoms. The van der Waals surface area contributed by atoms with Crippen molar-refractivity contribution in [3.63, 3.8) is 0 Å². The standard InChI is InChI=1S/C19H20N2O2/c1-13-4-5-14(2)21(13)18-11-8-16(12-20-18)19(22)15-6-9-17(23-3)10-7-15/h4-12,19,22H,1-3H3. The van der Waals surface area contributed by atoms with Crippen molar-refractivity contribution >= 4 is 0 Å².